The standard InChI is InChI=1S/C24H15Cl6N3O2/c25-15-8-19(28)22(20(29)9-15)35-12-13-3-1-4-14(7-13)24(34)31-23-21(30)11-33(32-23)10-16-17(26)5-2-6-18(16)27/h1-9,11H,10,12H2,(H,31,32,34). The van der Waals surface area contributed by atoms with E-state index in [0.29, 0.717) is 42.0 Å². The maximum absolute atomic E-state index is 12.9. The highest BCUT2D eigenvalue weighted by molar-refractivity contribution is 6.40. The number of ether oxygens (including phenoxy) is 1. The lowest BCUT2D eigenvalue weighted by Gasteiger charge is -2.11. The molecule has 1 heterocycles. The first kappa shape index (κ1) is 26.0. The molecular formula is C24H15Cl6N3O2. The minimum atomic E-state index is -0.391. The van der Waals surface area contributed by atoms with Crippen molar-refractivity contribution in [3.05, 3.63) is 108 Å². The summed E-state index contributed by atoms with van der Waals surface area (Å²) in [4.78, 5) is 12.9. The molecule has 0 unspecified atom stereocenters. The van der Waals surface area contributed by atoms with E-state index >= 15 is 0 Å². The average Bonchev–Trinajstić information content (AvgIpc) is 3.14. The van der Waals surface area contributed by atoms with Crippen LogP contribution in [0, 0.1) is 0 Å². The summed E-state index contributed by atoms with van der Waals surface area (Å²) in [5, 5.41) is 9.35. The van der Waals surface area contributed by atoms with E-state index in [4.69, 9.17) is 74.3 Å². The second-order valence-electron chi connectivity index (χ2n) is 7.37. The topological polar surface area (TPSA) is 56.2 Å². The number of nitrogens with one attached hydrogen (secondary N) is 1. The second kappa shape index (κ2) is 11.3. The first-order valence-electron chi connectivity index (χ1n) is 10.0. The van der Waals surface area contributed by atoms with Crippen LogP contribution in [0.2, 0.25) is 30.1 Å². The predicted molar refractivity (Wildman–Crippen MR) is 143 cm³/mol. The van der Waals surface area contributed by atoms with Gasteiger partial charge < -0.3 is 10.1 Å². The van der Waals surface area contributed by atoms with E-state index in [1.807, 2.05) is 6.07 Å². The van der Waals surface area contributed by atoms with E-state index < -0.39 is 5.91 Å². The van der Waals surface area contributed by atoms with Crippen molar-refractivity contribution in [2.45, 2.75) is 13.2 Å². The minimum absolute atomic E-state index is 0.135. The Balaban J connectivity index is 1.45. The number of carbonyl (C=O) groups is 1. The van der Waals surface area contributed by atoms with Gasteiger partial charge in [-0.05, 0) is 42.0 Å². The molecule has 0 aliphatic heterocycles. The molecule has 1 amide bonds. The monoisotopic (exact) mass is 587 g/mol. The molecule has 3 aromatic carbocycles. The molecule has 0 fully saturated rings. The number of anilines is 1. The predicted octanol–water partition coefficient (Wildman–Crippen LogP) is 8.68. The van der Waals surface area contributed by atoms with Crippen molar-refractivity contribution in [1.29, 1.82) is 0 Å². The molecule has 0 saturated heterocycles. The first-order chi connectivity index (χ1) is 16.7. The maximum Gasteiger partial charge on any atom is 0.256 e. The Morgan fingerprint density at radius 3 is 2.20 bits per heavy atom. The van der Waals surface area contributed by atoms with Crippen molar-refractivity contribution < 1.29 is 9.53 Å². The van der Waals surface area contributed by atoms with Crippen LogP contribution in [0.3, 0.4) is 0 Å². The Morgan fingerprint density at radius 1 is 0.857 bits per heavy atom. The fourth-order valence-electron chi connectivity index (χ4n) is 3.21. The molecule has 180 valence electrons. The maximum atomic E-state index is 12.9. The molecule has 0 aliphatic rings. The molecule has 0 radical (unpaired) electrons. The third kappa shape index (κ3) is 6.36. The number of carbonyl (C=O) groups excluding carboxylic acids is 1. The second-order valence-corrected chi connectivity index (χ2v) is 9.84. The van der Waals surface area contributed by atoms with Gasteiger partial charge in [0.2, 0.25) is 0 Å². The lowest BCUT2D eigenvalue weighted by molar-refractivity contribution is 0.102. The Kier molecular flexibility index (Phi) is 8.38. The van der Waals surface area contributed by atoms with E-state index in [-0.39, 0.29) is 24.0 Å². The van der Waals surface area contributed by atoms with Crippen LogP contribution >= 0.6 is 69.6 Å². The van der Waals surface area contributed by atoms with Gasteiger partial charge in [0.15, 0.2) is 11.6 Å². The van der Waals surface area contributed by atoms with Gasteiger partial charge in [0.25, 0.3) is 5.91 Å². The Hall–Kier alpha value is -2.12. The summed E-state index contributed by atoms with van der Waals surface area (Å²) >= 11 is 37.0. The molecule has 0 spiro atoms. The zero-order valence-electron chi connectivity index (χ0n) is 17.7. The van der Waals surface area contributed by atoms with Crippen LogP contribution in [0.4, 0.5) is 5.82 Å². The first-order valence-corrected chi connectivity index (χ1v) is 12.3. The van der Waals surface area contributed by atoms with Gasteiger partial charge >= 0.3 is 0 Å². The van der Waals surface area contributed by atoms with Gasteiger partial charge in [-0.2, -0.15) is 5.10 Å². The number of benzene rings is 3. The highest BCUT2D eigenvalue weighted by atomic mass is 35.5. The Bertz CT molecular complexity index is 1360. The van der Waals surface area contributed by atoms with E-state index in [1.165, 1.54) is 12.1 Å². The van der Waals surface area contributed by atoms with Gasteiger partial charge in [-0.1, -0.05) is 87.8 Å². The Morgan fingerprint density at radius 2 is 1.51 bits per heavy atom. The van der Waals surface area contributed by atoms with Gasteiger partial charge in [-0.25, -0.2) is 0 Å². The quantitative estimate of drug-likeness (QED) is 0.235. The fourth-order valence-corrected chi connectivity index (χ4v) is 4.85. The van der Waals surface area contributed by atoms with Crippen LogP contribution in [0.25, 0.3) is 0 Å². The molecule has 1 aromatic heterocycles. The third-order valence-corrected chi connectivity index (χ3v) is 6.63. The molecule has 0 atom stereocenters. The summed E-state index contributed by atoms with van der Waals surface area (Å²) in [6.45, 7) is 0.424. The lowest BCUT2D eigenvalue weighted by atomic mass is 10.1. The number of hydrogen-bond acceptors (Lipinski definition) is 3. The number of nitrogens with zero attached hydrogens (tertiary/aromatic N) is 2. The van der Waals surface area contributed by atoms with Gasteiger partial charge in [-0.15, -0.1) is 0 Å². The normalized spacial score (nSPS) is 10.9. The smallest absolute Gasteiger partial charge is 0.256 e. The molecule has 35 heavy (non-hydrogen) atoms. The number of aromatic nitrogens is 2. The van der Waals surface area contributed by atoms with Crippen LogP contribution < -0.4 is 10.1 Å². The molecule has 1 N–H and O–H groups in total. The van der Waals surface area contributed by atoms with E-state index in [0.717, 1.165) is 5.56 Å². The number of hydrogen-bond donors (Lipinski definition) is 1. The van der Waals surface area contributed by atoms with Crippen LogP contribution in [0.1, 0.15) is 21.5 Å². The molecule has 11 heteroatoms. The van der Waals surface area contributed by atoms with Gasteiger partial charge in [0, 0.05) is 32.4 Å². The minimum Gasteiger partial charge on any atom is -0.486 e. The van der Waals surface area contributed by atoms with Crippen molar-refractivity contribution in [3.63, 3.8) is 0 Å². The number of halogens is 6. The summed E-state index contributed by atoms with van der Waals surface area (Å²) in [5.41, 5.74) is 1.81. The lowest BCUT2D eigenvalue weighted by Crippen LogP contribution is -2.13. The SMILES string of the molecule is O=C(Nc1nn(Cc2c(Cl)cccc2Cl)cc1Cl)c1cccc(COc2c(Cl)cc(Cl)cc2Cl)c1. The average molecular weight is 590 g/mol. The summed E-state index contributed by atoms with van der Waals surface area (Å²) in [7, 11) is 0. The Labute approximate surface area is 231 Å². The van der Waals surface area contributed by atoms with Gasteiger partial charge in [0.1, 0.15) is 11.6 Å². The zero-order valence-corrected chi connectivity index (χ0v) is 22.2. The summed E-state index contributed by atoms with van der Waals surface area (Å²) in [5.74, 6) is 0.127. The molecule has 4 aromatic rings. The highest BCUT2D eigenvalue weighted by Crippen LogP contribution is 2.36. The fraction of sp³-hybridized carbons (Fsp3) is 0.0833. The number of rotatable bonds is 7. The van der Waals surface area contributed by atoms with Gasteiger partial charge in [-0.3, -0.25) is 9.48 Å². The molecular weight excluding hydrogens is 575 g/mol. The van der Waals surface area contributed by atoms with E-state index in [9.17, 15) is 4.79 Å². The summed E-state index contributed by atoms with van der Waals surface area (Å²) in [6.07, 6.45) is 1.58. The molecule has 5 nitrogen and oxygen atoms in total. The van der Waals surface area contributed by atoms with Crippen LogP contribution in [0.15, 0.2) is 60.8 Å². The third-order valence-electron chi connectivity index (χ3n) is 4.87. The van der Waals surface area contributed by atoms with Crippen molar-refractivity contribution in [2.75, 3.05) is 5.32 Å². The number of amides is 1. The van der Waals surface area contributed by atoms with E-state index in [1.54, 1.807) is 47.3 Å². The zero-order chi connectivity index (χ0) is 25.1. The molecule has 0 saturated carbocycles. The highest BCUT2D eigenvalue weighted by Gasteiger charge is 2.15. The summed E-state index contributed by atoms with van der Waals surface area (Å²) < 4.78 is 7.30. The van der Waals surface area contributed by atoms with Crippen molar-refractivity contribution in [3.8, 4) is 5.75 Å². The van der Waals surface area contributed by atoms with Crippen molar-refractivity contribution >= 4 is 81.3 Å². The van der Waals surface area contributed by atoms with Crippen LogP contribution in [0.5, 0.6) is 5.75 Å². The van der Waals surface area contributed by atoms with Crippen molar-refractivity contribution in [2.24, 2.45) is 0 Å². The summed E-state index contributed by atoms with van der Waals surface area (Å²) in [6, 6.07) is 15.2. The van der Waals surface area contributed by atoms with Gasteiger partial charge in [0.05, 0.1) is 16.6 Å². The molecule has 4 rings (SSSR count). The van der Waals surface area contributed by atoms with Crippen molar-refractivity contribution in [1.82, 2.24) is 9.78 Å². The van der Waals surface area contributed by atoms with Crippen LogP contribution in [-0.2, 0) is 13.2 Å². The molecule has 0 bridgehead atoms. The van der Waals surface area contributed by atoms with Crippen LogP contribution in [-0.4, -0.2) is 15.7 Å². The molecule has 0 aliphatic carbocycles. The largest absolute Gasteiger partial charge is 0.486 e. The van der Waals surface area contributed by atoms with E-state index in [2.05, 4.69) is 10.4 Å².